The van der Waals surface area contributed by atoms with E-state index in [9.17, 15) is 4.79 Å². The van der Waals surface area contributed by atoms with Gasteiger partial charge in [-0.15, -0.1) is 11.6 Å². The van der Waals surface area contributed by atoms with Gasteiger partial charge in [0.15, 0.2) is 0 Å². The monoisotopic (exact) mass is 229 g/mol. The normalized spacial score (nSPS) is 19.6. The summed E-state index contributed by atoms with van der Waals surface area (Å²) in [5.41, 5.74) is 0. The van der Waals surface area contributed by atoms with Gasteiger partial charge in [0.25, 0.3) is 0 Å². The second-order valence-corrected chi connectivity index (χ2v) is 3.78. The first-order chi connectivity index (χ1) is 7.22. The number of halogens is 1. The molecule has 0 fully saturated rings. The van der Waals surface area contributed by atoms with Crippen molar-refractivity contribution in [2.75, 3.05) is 12.5 Å². The first-order valence-corrected chi connectivity index (χ1v) is 5.60. The van der Waals surface area contributed by atoms with Gasteiger partial charge in [0.05, 0.1) is 12.6 Å². The molecule has 0 spiro atoms. The average Bonchev–Trinajstić information content (AvgIpc) is 2.20. The molecule has 0 heterocycles. The van der Waals surface area contributed by atoms with Crippen LogP contribution in [0.4, 0.5) is 0 Å². The molecule has 1 atom stereocenters. The minimum absolute atomic E-state index is 0.00967. The number of carbonyl (C=O) groups excluding carboxylic acids is 1. The molecule has 1 amide bonds. The van der Waals surface area contributed by atoms with Crippen molar-refractivity contribution in [2.45, 2.75) is 25.8 Å². The molecular weight excluding hydrogens is 214 g/mol. The van der Waals surface area contributed by atoms with E-state index in [0.29, 0.717) is 12.5 Å². The van der Waals surface area contributed by atoms with Crippen molar-refractivity contribution in [3.8, 4) is 0 Å². The zero-order chi connectivity index (χ0) is 11.1. The van der Waals surface area contributed by atoms with E-state index in [4.69, 9.17) is 16.3 Å². The van der Waals surface area contributed by atoms with E-state index in [1.54, 1.807) is 0 Å². The van der Waals surface area contributed by atoms with Crippen molar-refractivity contribution in [3.63, 3.8) is 0 Å². The summed E-state index contributed by atoms with van der Waals surface area (Å²) in [4.78, 5) is 10.8. The van der Waals surface area contributed by atoms with Gasteiger partial charge < -0.3 is 10.1 Å². The molecule has 0 saturated heterocycles. The maximum Gasteiger partial charge on any atom is 0.217 e. The number of hydrogen-bond donors (Lipinski definition) is 1. The van der Waals surface area contributed by atoms with E-state index in [2.05, 4.69) is 5.32 Å². The number of amides is 1. The largest absolute Gasteiger partial charge is 0.494 e. The van der Waals surface area contributed by atoms with Crippen LogP contribution in [0.15, 0.2) is 24.0 Å². The van der Waals surface area contributed by atoms with Crippen LogP contribution in [0.1, 0.15) is 19.8 Å². The van der Waals surface area contributed by atoms with Crippen molar-refractivity contribution in [3.05, 3.63) is 24.0 Å². The molecule has 84 valence electrons. The molecule has 0 bridgehead atoms. The SMILES string of the molecule is CC(=O)NC1C=CC(OCCCCl)=CC1. The van der Waals surface area contributed by atoms with Crippen LogP contribution in [0.25, 0.3) is 0 Å². The van der Waals surface area contributed by atoms with Gasteiger partial charge in [0.2, 0.25) is 5.91 Å². The Morgan fingerprint density at radius 2 is 2.53 bits per heavy atom. The van der Waals surface area contributed by atoms with Crippen LogP contribution >= 0.6 is 11.6 Å². The van der Waals surface area contributed by atoms with Crippen molar-refractivity contribution >= 4 is 17.5 Å². The predicted molar refractivity (Wildman–Crippen MR) is 60.7 cm³/mol. The van der Waals surface area contributed by atoms with Gasteiger partial charge in [-0.1, -0.05) is 6.08 Å². The standard InChI is InChI=1S/C11H16ClNO2/c1-9(14)13-10-3-5-11(6-4-10)15-8-2-7-12/h3,5-6,10H,2,4,7-8H2,1H3,(H,13,14). The van der Waals surface area contributed by atoms with Crippen molar-refractivity contribution in [1.82, 2.24) is 5.32 Å². The Morgan fingerprint density at radius 3 is 3.07 bits per heavy atom. The Kier molecular flexibility index (Phi) is 5.26. The lowest BCUT2D eigenvalue weighted by molar-refractivity contribution is -0.119. The lowest BCUT2D eigenvalue weighted by atomic mass is 10.1. The molecule has 0 aromatic carbocycles. The summed E-state index contributed by atoms with van der Waals surface area (Å²) in [5, 5.41) is 2.82. The van der Waals surface area contributed by atoms with Gasteiger partial charge in [0, 0.05) is 12.8 Å². The molecule has 1 N–H and O–H groups in total. The van der Waals surface area contributed by atoms with E-state index in [1.165, 1.54) is 6.92 Å². The van der Waals surface area contributed by atoms with Crippen LogP contribution in [0.3, 0.4) is 0 Å². The maximum absolute atomic E-state index is 10.8. The molecular formula is C11H16ClNO2. The minimum atomic E-state index is -0.00967. The Bertz CT molecular complexity index is 274. The third-order valence-corrected chi connectivity index (χ3v) is 2.27. The number of allylic oxidation sites excluding steroid dienone is 1. The van der Waals surface area contributed by atoms with E-state index in [0.717, 1.165) is 18.6 Å². The van der Waals surface area contributed by atoms with Gasteiger partial charge in [-0.25, -0.2) is 0 Å². The van der Waals surface area contributed by atoms with E-state index >= 15 is 0 Å². The van der Waals surface area contributed by atoms with Crippen LogP contribution < -0.4 is 5.32 Å². The molecule has 4 heteroatoms. The molecule has 1 rings (SSSR count). The minimum Gasteiger partial charge on any atom is -0.494 e. The zero-order valence-electron chi connectivity index (χ0n) is 8.83. The fourth-order valence-electron chi connectivity index (χ4n) is 1.32. The molecule has 1 aliphatic rings. The third-order valence-electron chi connectivity index (χ3n) is 2.00. The van der Waals surface area contributed by atoms with E-state index in [-0.39, 0.29) is 11.9 Å². The lowest BCUT2D eigenvalue weighted by Crippen LogP contribution is -2.31. The fourth-order valence-corrected chi connectivity index (χ4v) is 1.43. The molecule has 1 aliphatic carbocycles. The average molecular weight is 230 g/mol. The molecule has 3 nitrogen and oxygen atoms in total. The van der Waals surface area contributed by atoms with Gasteiger partial charge in [-0.3, -0.25) is 4.79 Å². The van der Waals surface area contributed by atoms with Crippen LogP contribution in [0, 0.1) is 0 Å². The van der Waals surface area contributed by atoms with Crippen molar-refractivity contribution < 1.29 is 9.53 Å². The number of carbonyl (C=O) groups is 1. The van der Waals surface area contributed by atoms with Crippen molar-refractivity contribution in [1.29, 1.82) is 0 Å². The first kappa shape index (κ1) is 12.1. The highest BCUT2D eigenvalue weighted by Gasteiger charge is 2.09. The second kappa shape index (κ2) is 6.51. The second-order valence-electron chi connectivity index (χ2n) is 3.40. The number of rotatable bonds is 5. The molecule has 0 aromatic rings. The quantitative estimate of drug-likeness (QED) is 0.578. The van der Waals surface area contributed by atoms with E-state index < -0.39 is 0 Å². The molecule has 15 heavy (non-hydrogen) atoms. The lowest BCUT2D eigenvalue weighted by Gasteiger charge is -2.17. The van der Waals surface area contributed by atoms with Gasteiger partial charge >= 0.3 is 0 Å². The van der Waals surface area contributed by atoms with Crippen LogP contribution in [-0.2, 0) is 9.53 Å². The summed E-state index contributed by atoms with van der Waals surface area (Å²) in [6.07, 6.45) is 7.44. The summed E-state index contributed by atoms with van der Waals surface area (Å²) in [6.45, 7) is 2.16. The molecule has 0 aromatic heterocycles. The molecule has 0 saturated carbocycles. The highest BCUT2D eigenvalue weighted by Crippen LogP contribution is 2.12. The number of nitrogens with one attached hydrogen (secondary N) is 1. The summed E-state index contributed by atoms with van der Waals surface area (Å²) < 4.78 is 5.45. The highest BCUT2D eigenvalue weighted by atomic mass is 35.5. The van der Waals surface area contributed by atoms with Crippen LogP contribution in [0.5, 0.6) is 0 Å². The van der Waals surface area contributed by atoms with Gasteiger partial charge in [-0.2, -0.15) is 0 Å². The summed E-state index contributed by atoms with van der Waals surface area (Å²) >= 11 is 5.53. The van der Waals surface area contributed by atoms with Gasteiger partial charge in [0.1, 0.15) is 5.76 Å². The summed E-state index contributed by atoms with van der Waals surface area (Å²) in [5.74, 6) is 1.47. The van der Waals surface area contributed by atoms with E-state index in [1.807, 2.05) is 18.2 Å². The van der Waals surface area contributed by atoms with Crippen LogP contribution in [-0.4, -0.2) is 24.4 Å². The number of hydrogen-bond acceptors (Lipinski definition) is 2. The molecule has 0 aliphatic heterocycles. The Balaban J connectivity index is 2.27. The topological polar surface area (TPSA) is 38.3 Å². The molecule has 0 radical (unpaired) electrons. The third kappa shape index (κ3) is 4.88. The van der Waals surface area contributed by atoms with Crippen molar-refractivity contribution in [2.24, 2.45) is 0 Å². The Morgan fingerprint density at radius 1 is 1.73 bits per heavy atom. The maximum atomic E-state index is 10.8. The number of alkyl halides is 1. The zero-order valence-corrected chi connectivity index (χ0v) is 9.59. The van der Waals surface area contributed by atoms with Gasteiger partial charge in [-0.05, 0) is 25.0 Å². The first-order valence-electron chi connectivity index (χ1n) is 5.06. The predicted octanol–water partition coefficient (Wildman–Crippen LogP) is 1.98. The van der Waals surface area contributed by atoms with Crippen LogP contribution in [0.2, 0.25) is 0 Å². The number of ether oxygens (including phenoxy) is 1. The summed E-state index contributed by atoms with van der Waals surface area (Å²) in [6, 6.07) is 0.0999. The Labute approximate surface area is 95.1 Å². The highest BCUT2D eigenvalue weighted by molar-refractivity contribution is 6.17. The summed E-state index contributed by atoms with van der Waals surface area (Å²) in [7, 11) is 0. The fraction of sp³-hybridized carbons (Fsp3) is 0.545. The molecule has 1 unspecified atom stereocenters. The Hall–Kier alpha value is -0.960. The smallest absolute Gasteiger partial charge is 0.217 e.